The molecule has 0 heterocycles. The summed E-state index contributed by atoms with van der Waals surface area (Å²) in [4.78, 5) is 0. The van der Waals surface area contributed by atoms with E-state index in [2.05, 4.69) is 19.1 Å². The summed E-state index contributed by atoms with van der Waals surface area (Å²) in [5.74, 6) is 2.14. The summed E-state index contributed by atoms with van der Waals surface area (Å²) in [7, 11) is 0. The molecule has 0 aliphatic heterocycles. The smallest absolute Gasteiger partial charge is 0.134 e. The lowest BCUT2D eigenvalue weighted by atomic mass is 9.64. The van der Waals surface area contributed by atoms with E-state index in [0.29, 0.717) is 17.0 Å². The van der Waals surface area contributed by atoms with Crippen LogP contribution >= 0.6 is 0 Å². The first-order valence-corrected chi connectivity index (χ1v) is 10.0. The molecule has 2 aromatic carbocycles. The molecule has 0 spiro atoms. The van der Waals surface area contributed by atoms with E-state index in [1.807, 2.05) is 18.2 Å². The number of halogens is 1. The first-order chi connectivity index (χ1) is 12.7. The molecule has 0 N–H and O–H groups in total. The lowest BCUT2D eigenvalue weighted by molar-refractivity contribution is 0.200. The fourth-order valence-corrected chi connectivity index (χ4v) is 5.27. The van der Waals surface area contributed by atoms with Crippen LogP contribution in [-0.2, 0) is 6.42 Å². The van der Waals surface area contributed by atoms with Crippen LogP contribution in [0, 0.1) is 29.0 Å². The number of benzene rings is 2. The quantitative estimate of drug-likeness (QED) is 0.613. The molecule has 4 rings (SSSR count). The van der Waals surface area contributed by atoms with E-state index in [0.717, 1.165) is 35.8 Å². The summed E-state index contributed by atoms with van der Waals surface area (Å²) < 4.78 is 15.3. The minimum atomic E-state index is -0.0404. The van der Waals surface area contributed by atoms with Crippen molar-refractivity contribution in [3.63, 3.8) is 0 Å². The molecule has 0 bridgehead atoms. The highest BCUT2D eigenvalue weighted by Gasteiger charge is 2.36. The lowest BCUT2D eigenvalue weighted by Crippen LogP contribution is -2.28. The Labute approximate surface area is 155 Å². The van der Waals surface area contributed by atoms with Crippen molar-refractivity contribution in [3.8, 4) is 17.2 Å². The zero-order valence-electron chi connectivity index (χ0n) is 15.5. The second-order valence-electron chi connectivity index (χ2n) is 8.06. The molecular formula is C24H26FN. The summed E-state index contributed by atoms with van der Waals surface area (Å²) in [6, 6.07) is 13.5. The van der Waals surface area contributed by atoms with Crippen molar-refractivity contribution in [2.75, 3.05) is 0 Å². The largest absolute Gasteiger partial charge is 0.206 e. The third kappa shape index (κ3) is 3.05. The highest BCUT2D eigenvalue weighted by molar-refractivity contribution is 5.67. The third-order valence-corrected chi connectivity index (χ3v) is 6.56. The Bertz CT molecular complexity index is 831. The van der Waals surface area contributed by atoms with Crippen LogP contribution in [0.2, 0.25) is 0 Å². The van der Waals surface area contributed by atoms with Gasteiger partial charge in [-0.05, 0) is 78.7 Å². The molecule has 2 heteroatoms. The van der Waals surface area contributed by atoms with Gasteiger partial charge in [-0.1, -0.05) is 44.0 Å². The fourth-order valence-electron chi connectivity index (χ4n) is 5.27. The van der Waals surface area contributed by atoms with Crippen LogP contribution in [0.3, 0.4) is 0 Å². The predicted octanol–water partition coefficient (Wildman–Crippen LogP) is 6.61. The van der Waals surface area contributed by atoms with Gasteiger partial charge in [0.25, 0.3) is 0 Å². The van der Waals surface area contributed by atoms with E-state index in [-0.39, 0.29) is 5.82 Å². The van der Waals surface area contributed by atoms with Crippen LogP contribution in [0.1, 0.15) is 68.1 Å². The van der Waals surface area contributed by atoms with Gasteiger partial charge in [-0.3, -0.25) is 0 Å². The molecule has 0 amide bonds. The zero-order chi connectivity index (χ0) is 18.1. The molecule has 1 nitrogen and oxygen atoms in total. The van der Waals surface area contributed by atoms with Crippen LogP contribution < -0.4 is 0 Å². The molecule has 2 aromatic rings. The highest BCUT2D eigenvalue weighted by atomic mass is 19.1. The van der Waals surface area contributed by atoms with Crippen LogP contribution in [0.15, 0.2) is 36.4 Å². The topological polar surface area (TPSA) is 23.8 Å². The van der Waals surface area contributed by atoms with Crippen LogP contribution in [0.4, 0.5) is 4.39 Å². The fraction of sp³-hybridized carbons (Fsp3) is 0.458. The maximum atomic E-state index is 15.3. The number of hydrogen-bond acceptors (Lipinski definition) is 1. The second-order valence-corrected chi connectivity index (χ2v) is 8.06. The Morgan fingerprint density at radius 3 is 2.62 bits per heavy atom. The Hall–Kier alpha value is -2.14. The summed E-state index contributed by atoms with van der Waals surface area (Å²) in [5, 5.41) is 8.95. The molecular weight excluding hydrogens is 321 g/mol. The van der Waals surface area contributed by atoms with Gasteiger partial charge in [-0.2, -0.15) is 5.26 Å². The summed E-state index contributed by atoms with van der Waals surface area (Å²) in [6.07, 6.45) is 8.47. The third-order valence-electron chi connectivity index (χ3n) is 6.56. The maximum absolute atomic E-state index is 15.3. The number of rotatable bonds is 3. The number of hydrogen-bond donors (Lipinski definition) is 0. The van der Waals surface area contributed by atoms with Gasteiger partial charge in [0.15, 0.2) is 0 Å². The monoisotopic (exact) mass is 347 g/mol. The van der Waals surface area contributed by atoms with Crippen molar-refractivity contribution in [1.82, 2.24) is 0 Å². The van der Waals surface area contributed by atoms with E-state index in [9.17, 15) is 0 Å². The molecule has 26 heavy (non-hydrogen) atoms. The van der Waals surface area contributed by atoms with Crippen molar-refractivity contribution in [2.45, 2.75) is 57.8 Å². The minimum absolute atomic E-state index is 0.0404. The number of fused-ring (bicyclic) bond motifs is 3. The molecule has 134 valence electrons. The van der Waals surface area contributed by atoms with Crippen molar-refractivity contribution in [1.29, 1.82) is 5.26 Å². The molecule has 0 radical (unpaired) electrons. The first-order valence-electron chi connectivity index (χ1n) is 10.0. The molecule has 1 fully saturated rings. The molecule has 3 atom stereocenters. The van der Waals surface area contributed by atoms with Gasteiger partial charge in [0.1, 0.15) is 5.82 Å². The lowest BCUT2D eigenvalue weighted by Gasteiger charge is -2.41. The molecule has 0 aromatic heterocycles. The van der Waals surface area contributed by atoms with Gasteiger partial charge < -0.3 is 0 Å². The molecule has 2 aliphatic rings. The van der Waals surface area contributed by atoms with E-state index in [1.165, 1.54) is 37.7 Å². The van der Waals surface area contributed by atoms with Crippen LogP contribution in [-0.4, -0.2) is 0 Å². The number of nitrogens with zero attached hydrogens (tertiary/aromatic N) is 1. The predicted molar refractivity (Wildman–Crippen MR) is 103 cm³/mol. The van der Waals surface area contributed by atoms with Gasteiger partial charge in [0.05, 0.1) is 11.6 Å². The Kier molecular flexibility index (Phi) is 4.81. The zero-order valence-corrected chi connectivity index (χ0v) is 15.5. The van der Waals surface area contributed by atoms with Gasteiger partial charge in [-0.15, -0.1) is 0 Å². The summed E-state index contributed by atoms with van der Waals surface area (Å²) >= 11 is 0. The van der Waals surface area contributed by atoms with Gasteiger partial charge in [0, 0.05) is 5.56 Å². The van der Waals surface area contributed by atoms with Gasteiger partial charge >= 0.3 is 0 Å². The Morgan fingerprint density at radius 2 is 1.88 bits per heavy atom. The van der Waals surface area contributed by atoms with Gasteiger partial charge in [-0.25, -0.2) is 4.39 Å². The standard InChI is InChI=1S/C24H26FN/c1-2-3-16-6-10-20-19(14-16)9-11-23-22(20)13-12-21(24(23)25)18-7-4-17(15-26)5-8-18/h4-5,7-8,12-13,16,19-20H,2-3,6,9-11,14H2,1H3/t16-,19+,20+/m1/s1. The van der Waals surface area contributed by atoms with E-state index in [1.54, 1.807) is 12.1 Å². The SMILES string of the molecule is CCC[C@@H]1CC[C@@H]2c3ccc(-c4ccc(C#N)cc4)c(F)c3CC[C@H]2C1. The molecule has 1 saturated carbocycles. The highest BCUT2D eigenvalue weighted by Crippen LogP contribution is 2.49. The molecule has 2 aliphatic carbocycles. The number of nitriles is 1. The van der Waals surface area contributed by atoms with Crippen molar-refractivity contribution < 1.29 is 4.39 Å². The normalized spacial score (nSPS) is 24.4. The molecule has 0 unspecified atom stereocenters. The van der Waals surface area contributed by atoms with Crippen LogP contribution in [0.25, 0.3) is 11.1 Å². The maximum Gasteiger partial charge on any atom is 0.134 e. The van der Waals surface area contributed by atoms with Gasteiger partial charge in [0.2, 0.25) is 0 Å². The second kappa shape index (κ2) is 7.23. The first kappa shape index (κ1) is 17.3. The minimum Gasteiger partial charge on any atom is -0.206 e. The average molecular weight is 347 g/mol. The van der Waals surface area contributed by atoms with Crippen molar-refractivity contribution in [2.24, 2.45) is 11.8 Å². The van der Waals surface area contributed by atoms with Crippen molar-refractivity contribution >= 4 is 0 Å². The summed E-state index contributed by atoms with van der Waals surface area (Å²) in [6.45, 7) is 2.28. The average Bonchev–Trinajstić information content (AvgIpc) is 2.68. The van der Waals surface area contributed by atoms with Crippen molar-refractivity contribution in [3.05, 3.63) is 58.9 Å². The summed E-state index contributed by atoms with van der Waals surface area (Å²) in [5.41, 5.74) is 4.36. The Balaban J connectivity index is 1.64. The van der Waals surface area contributed by atoms with E-state index < -0.39 is 0 Å². The molecule has 0 saturated heterocycles. The van der Waals surface area contributed by atoms with E-state index >= 15 is 4.39 Å². The van der Waals surface area contributed by atoms with Crippen LogP contribution in [0.5, 0.6) is 0 Å². The van der Waals surface area contributed by atoms with E-state index in [4.69, 9.17) is 5.26 Å². The Morgan fingerprint density at radius 1 is 1.08 bits per heavy atom.